The van der Waals surface area contributed by atoms with Crippen molar-refractivity contribution in [2.45, 2.75) is 32.6 Å². The lowest BCUT2D eigenvalue weighted by molar-refractivity contribution is -0.121. The molecule has 2 aliphatic heterocycles. The Morgan fingerprint density at radius 2 is 1.67 bits per heavy atom. The van der Waals surface area contributed by atoms with Crippen LogP contribution in [-0.4, -0.2) is 48.9 Å². The predicted octanol–water partition coefficient (Wildman–Crippen LogP) is 1.83. The van der Waals surface area contributed by atoms with Crippen molar-refractivity contribution >= 4 is 6.41 Å². The van der Waals surface area contributed by atoms with E-state index in [1.807, 2.05) is 4.90 Å². The van der Waals surface area contributed by atoms with E-state index in [9.17, 15) is 4.79 Å². The number of carbonyl (C=O) groups is 1. The smallest absolute Gasteiger partial charge is 0.209 e. The van der Waals surface area contributed by atoms with Crippen molar-refractivity contribution in [1.82, 2.24) is 9.80 Å². The largest absolute Gasteiger partial charge is 0.345 e. The summed E-state index contributed by atoms with van der Waals surface area (Å²) in [7, 11) is 0. The molecule has 2 bridgehead atoms. The molecule has 0 radical (unpaired) electrons. The first-order valence-corrected chi connectivity index (χ1v) is 7.68. The average Bonchev–Trinajstić information content (AvgIpc) is 2.63. The SMILES string of the molecule is CC1CCN(CC2C3CCC2CN(C=O)C3)CC1. The third-order valence-corrected chi connectivity index (χ3v) is 5.55. The summed E-state index contributed by atoms with van der Waals surface area (Å²) in [6, 6.07) is 0. The molecule has 1 aliphatic carbocycles. The standard InChI is InChI=1S/C15H26N2O/c1-12-4-6-16(7-5-12)10-15-13-2-3-14(15)9-17(8-13)11-18/h11-15H,2-10H2,1H3. The Bertz CT molecular complexity index is 285. The molecule has 3 heteroatoms. The number of rotatable bonds is 3. The van der Waals surface area contributed by atoms with Crippen LogP contribution in [-0.2, 0) is 4.79 Å². The molecule has 1 amide bonds. The van der Waals surface area contributed by atoms with Gasteiger partial charge in [0.1, 0.15) is 0 Å². The molecule has 3 nitrogen and oxygen atoms in total. The first-order valence-electron chi connectivity index (χ1n) is 7.68. The molecule has 0 N–H and O–H groups in total. The second kappa shape index (κ2) is 5.20. The Hall–Kier alpha value is -0.570. The van der Waals surface area contributed by atoms with Crippen LogP contribution < -0.4 is 0 Å². The molecule has 102 valence electrons. The highest BCUT2D eigenvalue weighted by Gasteiger charge is 2.42. The van der Waals surface area contributed by atoms with Crippen LogP contribution in [0.5, 0.6) is 0 Å². The molecule has 0 aromatic rings. The van der Waals surface area contributed by atoms with Crippen LogP contribution in [0.1, 0.15) is 32.6 Å². The van der Waals surface area contributed by atoms with Gasteiger partial charge in [0.25, 0.3) is 0 Å². The molecule has 0 aromatic carbocycles. The van der Waals surface area contributed by atoms with Crippen LogP contribution >= 0.6 is 0 Å². The van der Waals surface area contributed by atoms with Crippen LogP contribution in [0, 0.1) is 23.7 Å². The number of hydrogen-bond donors (Lipinski definition) is 0. The summed E-state index contributed by atoms with van der Waals surface area (Å²) in [6.07, 6.45) is 6.52. The Kier molecular flexibility index (Phi) is 3.60. The van der Waals surface area contributed by atoms with Crippen LogP contribution in [0.4, 0.5) is 0 Å². The van der Waals surface area contributed by atoms with Gasteiger partial charge in [-0.15, -0.1) is 0 Å². The molecular weight excluding hydrogens is 224 g/mol. The first kappa shape index (κ1) is 12.5. The van der Waals surface area contributed by atoms with E-state index < -0.39 is 0 Å². The van der Waals surface area contributed by atoms with Crippen molar-refractivity contribution in [2.24, 2.45) is 23.7 Å². The van der Waals surface area contributed by atoms with Crippen LogP contribution in [0.2, 0.25) is 0 Å². The number of fused-ring (bicyclic) bond motifs is 2. The monoisotopic (exact) mass is 250 g/mol. The van der Waals surface area contributed by atoms with Crippen LogP contribution in [0.3, 0.4) is 0 Å². The quantitative estimate of drug-likeness (QED) is 0.714. The fourth-order valence-electron chi connectivity index (χ4n) is 4.30. The van der Waals surface area contributed by atoms with Gasteiger partial charge in [0, 0.05) is 19.6 Å². The maximum absolute atomic E-state index is 10.9. The number of piperidine rings is 2. The van der Waals surface area contributed by atoms with E-state index in [-0.39, 0.29) is 0 Å². The van der Waals surface area contributed by atoms with E-state index in [1.165, 1.54) is 45.3 Å². The van der Waals surface area contributed by atoms with Gasteiger partial charge in [-0.25, -0.2) is 0 Å². The van der Waals surface area contributed by atoms with Gasteiger partial charge in [-0.2, -0.15) is 0 Å². The molecule has 2 atom stereocenters. The van der Waals surface area contributed by atoms with E-state index in [0.717, 1.165) is 43.2 Å². The fourth-order valence-corrected chi connectivity index (χ4v) is 4.30. The number of nitrogens with zero attached hydrogens (tertiary/aromatic N) is 2. The van der Waals surface area contributed by atoms with Crippen LogP contribution in [0.15, 0.2) is 0 Å². The molecular formula is C15H26N2O. The van der Waals surface area contributed by atoms with E-state index in [1.54, 1.807) is 0 Å². The summed E-state index contributed by atoms with van der Waals surface area (Å²) in [5, 5.41) is 0. The van der Waals surface area contributed by atoms with Gasteiger partial charge in [0.2, 0.25) is 6.41 Å². The van der Waals surface area contributed by atoms with E-state index >= 15 is 0 Å². The molecule has 2 saturated heterocycles. The van der Waals surface area contributed by atoms with Crippen molar-refractivity contribution < 1.29 is 4.79 Å². The van der Waals surface area contributed by atoms with Gasteiger partial charge >= 0.3 is 0 Å². The zero-order valence-electron chi connectivity index (χ0n) is 11.6. The second-order valence-electron chi connectivity index (χ2n) is 6.80. The van der Waals surface area contributed by atoms with E-state index in [4.69, 9.17) is 0 Å². The first-order chi connectivity index (χ1) is 8.76. The fraction of sp³-hybridized carbons (Fsp3) is 0.933. The minimum absolute atomic E-state index is 0.785. The molecule has 0 spiro atoms. The van der Waals surface area contributed by atoms with Gasteiger partial charge in [-0.05, 0) is 62.4 Å². The third kappa shape index (κ3) is 2.42. The van der Waals surface area contributed by atoms with Crippen LogP contribution in [0.25, 0.3) is 0 Å². The highest BCUT2D eigenvalue weighted by Crippen LogP contribution is 2.42. The Morgan fingerprint density at radius 3 is 2.22 bits per heavy atom. The maximum Gasteiger partial charge on any atom is 0.209 e. The van der Waals surface area contributed by atoms with Crippen molar-refractivity contribution in [3.63, 3.8) is 0 Å². The minimum atomic E-state index is 0.785. The van der Waals surface area contributed by atoms with Gasteiger partial charge in [0.15, 0.2) is 0 Å². The molecule has 2 heterocycles. The zero-order chi connectivity index (χ0) is 12.5. The molecule has 0 aromatic heterocycles. The third-order valence-electron chi connectivity index (χ3n) is 5.55. The van der Waals surface area contributed by atoms with Crippen molar-refractivity contribution in [2.75, 3.05) is 32.7 Å². The predicted molar refractivity (Wildman–Crippen MR) is 72.2 cm³/mol. The highest BCUT2D eigenvalue weighted by atomic mass is 16.1. The Balaban J connectivity index is 1.56. The minimum Gasteiger partial charge on any atom is -0.345 e. The summed E-state index contributed by atoms with van der Waals surface area (Å²) in [5.74, 6) is 3.37. The lowest BCUT2D eigenvalue weighted by Crippen LogP contribution is -2.46. The summed E-state index contributed by atoms with van der Waals surface area (Å²) in [6.45, 7) is 8.32. The molecule has 2 unspecified atom stereocenters. The number of amides is 1. The summed E-state index contributed by atoms with van der Waals surface area (Å²) in [5.41, 5.74) is 0. The van der Waals surface area contributed by atoms with Gasteiger partial charge in [-0.3, -0.25) is 4.79 Å². The molecule has 18 heavy (non-hydrogen) atoms. The summed E-state index contributed by atoms with van der Waals surface area (Å²) in [4.78, 5) is 15.6. The topological polar surface area (TPSA) is 23.6 Å². The lowest BCUT2D eigenvalue weighted by atomic mass is 9.84. The Morgan fingerprint density at radius 1 is 1.06 bits per heavy atom. The van der Waals surface area contributed by atoms with Crippen molar-refractivity contribution in [3.05, 3.63) is 0 Å². The van der Waals surface area contributed by atoms with Gasteiger partial charge in [-0.1, -0.05) is 6.92 Å². The summed E-state index contributed by atoms with van der Waals surface area (Å²) >= 11 is 0. The van der Waals surface area contributed by atoms with Gasteiger partial charge in [0.05, 0.1) is 0 Å². The molecule has 1 saturated carbocycles. The molecule has 3 aliphatic rings. The van der Waals surface area contributed by atoms with E-state index in [2.05, 4.69) is 11.8 Å². The zero-order valence-corrected chi connectivity index (χ0v) is 11.6. The maximum atomic E-state index is 10.9. The second-order valence-corrected chi connectivity index (χ2v) is 6.80. The number of carbonyl (C=O) groups excluding carboxylic acids is 1. The summed E-state index contributed by atoms with van der Waals surface area (Å²) < 4.78 is 0. The Labute approximate surface area is 111 Å². The lowest BCUT2D eigenvalue weighted by Gasteiger charge is -2.40. The molecule has 3 fully saturated rings. The number of likely N-dealkylation sites (tertiary alicyclic amines) is 2. The van der Waals surface area contributed by atoms with Crippen molar-refractivity contribution in [1.29, 1.82) is 0 Å². The van der Waals surface area contributed by atoms with Crippen molar-refractivity contribution in [3.8, 4) is 0 Å². The highest BCUT2D eigenvalue weighted by molar-refractivity contribution is 5.47. The average molecular weight is 250 g/mol. The number of hydrogen-bond acceptors (Lipinski definition) is 2. The molecule has 3 rings (SSSR count). The van der Waals surface area contributed by atoms with E-state index in [0.29, 0.717) is 0 Å². The van der Waals surface area contributed by atoms with Gasteiger partial charge < -0.3 is 9.80 Å². The normalized spacial score (nSPS) is 38.1.